The van der Waals surface area contributed by atoms with E-state index in [-0.39, 0.29) is 11.9 Å². The number of nitrogens with zero attached hydrogens (tertiary/aromatic N) is 4. The molecule has 2 aromatic heterocycles. The van der Waals surface area contributed by atoms with Crippen LogP contribution in [0, 0.1) is 0 Å². The van der Waals surface area contributed by atoms with Crippen LogP contribution in [-0.4, -0.2) is 32.7 Å². The number of carbonyl (C=O) groups is 1. The van der Waals surface area contributed by atoms with Crippen molar-refractivity contribution in [2.75, 3.05) is 6.54 Å². The summed E-state index contributed by atoms with van der Waals surface area (Å²) in [5, 5.41) is 11.5. The van der Waals surface area contributed by atoms with E-state index in [0.29, 0.717) is 18.0 Å². The molecule has 0 fully saturated rings. The predicted octanol–water partition coefficient (Wildman–Crippen LogP) is 3.75. The summed E-state index contributed by atoms with van der Waals surface area (Å²) in [6.07, 6.45) is 4.01. The van der Waals surface area contributed by atoms with Gasteiger partial charge in [-0.05, 0) is 25.0 Å². The summed E-state index contributed by atoms with van der Waals surface area (Å²) in [7, 11) is 0. The predicted molar refractivity (Wildman–Crippen MR) is 93.7 cm³/mol. The standard InChI is InChI=1S/C19H20N4O2/c1-3-11-23(14(2)15-7-5-4-6-8-15)19(24)17-12-18(25-22-17)16-9-10-20-21-13-16/h4-10,12-14H,3,11H2,1-2H3/t14-/m0/s1. The van der Waals surface area contributed by atoms with E-state index in [1.807, 2.05) is 42.2 Å². The summed E-state index contributed by atoms with van der Waals surface area (Å²) < 4.78 is 5.32. The second-order valence-electron chi connectivity index (χ2n) is 5.79. The summed E-state index contributed by atoms with van der Waals surface area (Å²) in [5.74, 6) is 0.359. The molecule has 128 valence electrons. The molecule has 1 amide bonds. The molecule has 25 heavy (non-hydrogen) atoms. The molecule has 0 aliphatic carbocycles. The maximum absolute atomic E-state index is 13.0. The third-order valence-corrected chi connectivity index (χ3v) is 4.07. The highest BCUT2D eigenvalue weighted by molar-refractivity contribution is 5.93. The van der Waals surface area contributed by atoms with Gasteiger partial charge in [-0.25, -0.2) is 0 Å². The van der Waals surface area contributed by atoms with Crippen LogP contribution in [0.2, 0.25) is 0 Å². The van der Waals surface area contributed by atoms with Crippen molar-refractivity contribution in [1.82, 2.24) is 20.3 Å². The average Bonchev–Trinajstić information content (AvgIpc) is 3.17. The summed E-state index contributed by atoms with van der Waals surface area (Å²) in [5.41, 5.74) is 2.12. The minimum absolute atomic E-state index is 0.0450. The number of carbonyl (C=O) groups excluding carboxylic acids is 1. The van der Waals surface area contributed by atoms with Gasteiger partial charge in [0.15, 0.2) is 11.5 Å². The van der Waals surface area contributed by atoms with Gasteiger partial charge in [0.2, 0.25) is 0 Å². The van der Waals surface area contributed by atoms with E-state index in [9.17, 15) is 4.79 Å². The summed E-state index contributed by atoms with van der Waals surface area (Å²) >= 11 is 0. The van der Waals surface area contributed by atoms with Crippen LogP contribution < -0.4 is 0 Å². The molecule has 0 saturated heterocycles. The van der Waals surface area contributed by atoms with Crippen LogP contribution in [0.15, 0.2) is 59.4 Å². The molecule has 1 atom stereocenters. The van der Waals surface area contributed by atoms with E-state index in [0.717, 1.165) is 17.5 Å². The fourth-order valence-electron chi connectivity index (χ4n) is 2.72. The van der Waals surface area contributed by atoms with E-state index in [1.54, 1.807) is 24.5 Å². The first kappa shape index (κ1) is 16.8. The molecule has 3 rings (SSSR count). The maximum Gasteiger partial charge on any atom is 0.276 e. The van der Waals surface area contributed by atoms with Crippen molar-refractivity contribution in [3.05, 3.63) is 66.1 Å². The van der Waals surface area contributed by atoms with Gasteiger partial charge in [0.25, 0.3) is 5.91 Å². The lowest BCUT2D eigenvalue weighted by Gasteiger charge is -2.28. The highest BCUT2D eigenvalue weighted by atomic mass is 16.5. The van der Waals surface area contributed by atoms with E-state index in [1.165, 1.54) is 0 Å². The third-order valence-electron chi connectivity index (χ3n) is 4.07. The fraction of sp³-hybridized carbons (Fsp3) is 0.263. The number of hydrogen-bond acceptors (Lipinski definition) is 5. The Morgan fingerprint density at radius 1 is 1.20 bits per heavy atom. The van der Waals surface area contributed by atoms with Gasteiger partial charge in [-0.2, -0.15) is 10.2 Å². The van der Waals surface area contributed by atoms with Crippen molar-refractivity contribution < 1.29 is 9.32 Å². The van der Waals surface area contributed by atoms with Crippen molar-refractivity contribution in [2.45, 2.75) is 26.3 Å². The molecule has 2 heterocycles. The Kier molecular flexibility index (Phi) is 5.18. The zero-order valence-electron chi connectivity index (χ0n) is 14.3. The molecule has 0 saturated carbocycles. The molecular weight excluding hydrogens is 316 g/mol. The Morgan fingerprint density at radius 3 is 2.68 bits per heavy atom. The van der Waals surface area contributed by atoms with E-state index in [4.69, 9.17) is 4.52 Å². The summed E-state index contributed by atoms with van der Waals surface area (Å²) in [4.78, 5) is 14.8. The molecule has 0 N–H and O–H groups in total. The molecule has 0 radical (unpaired) electrons. The van der Waals surface area contributed by atoms with Crippen molar-refractivity contribution in [2.24, 2.45) is 0 Å². The van der Waals surface area contributed by atoms with Crippen LogP contribution in [0.25, 0.3) is 11.3 Å². The Balaban J connectivity index is 1.85. The second-order valence-corrected chi connectivity index (χ2v) is 5.79. The molecule has 3 aromatic rings. The molecule has 0 aliphatic heterocycles. The second kappa shape index (κ2) is 7.70. The molecular formula is C19H20N4O2. The summed E-state index contributed by atoms with van der Waals surface area (Å²) in [6.45, 7) is 4.72. The Morgan fingerprint density at radius 2 is 2.00 bits per heavy atom. The third kappa shape index (κ3) is 3.74. The first-order valence-electron chi connectivity index (χ1n) is 8.30. The smallest absolute Gasteiger partial charge is 0.276 e. The lowest BCUT2D eigenvalue weighted by molar-refractivity contribution is 0.0680. The van der Waals surface area contributed by atoms with E-state index < -0.39 is 0 Å². The van der Waals surface area contributed by atoms with Crippen molar-refractivity contribution in [3.8, 4) is 11.3 Å². The topological polar surface area (TPSA) is 72.1 Å². The van der Waals surface area contributed by atoms with Gasteiger partial charge in [0.05, 0.1) is 18.4 Å². The molecule has 1 aromatic carbocycles. The molecule has 0 aliphatic rings. The van der Waals surface area contributed by atoms with Crippen LogP contribution in [-0.2, 0) is 0 Å². The van der Waals surface area contributed by atoms with Crippen molar-refractivity contribution in [3.63, 3.8) is 0 Å². The monoisotopic (exact) mass is 336 g/mol. The van der Waals surface area contributed by atoms with Gasteiger partial charge in [-0.1, -0.05) is 42.4 Å². The quantitative estimate of drug-likeness (QED) is 0.685. The van der Waals surface area contributed by atoms with Gasteiger partial charge in [-0.3, -0.25) is 4.79 Å². The Labute approximate surface area is 146 Å². The summed E-state index contributed by atoms with van der Waals surface area (Å²) in [6, 6.07) is 13.3. The highest BCUT2D eigenvalue weighted by Gasteiger charge is 2.25. The number of amides is 1. The molecule has 0 unspecified atom stereocenters. The lowest BCUT2D eigenvalue weighted by Crippen LogP contribution is -2.34. The van der Waals surface area contributed by atoms with Crippen LogP contribution in [0.1, 0.15) is 42.4 Å². The van der Waals surface area contributed by atoms with Crippen molar-refractivity contribution >= 4 is 5.91 Å². The van der Waals surface area contributed by atoms with Gasteiger partial charge in [0.1, 0.15) is 0 Å². The minimum Gasteiger partial charge on any atom is -0.355 e. The first-order chi connectivity index (χ1) is 12.2. The normalized spacial score (nSPS) is 11.9. The first-order valence-corrected chi connectivity index (χ1v) is 8.30. The largest absolute Gasteiger partial charge is 0.355 e. The lowest BCUT2D eigenvalue weighted by atomic mass is 10.1. The van der Waals surface area contributed by atoms with Crippen molar-refractivity contribution in [1.29, 1.82) is 0 Å². The van der Waals surface area contributed by atoms with Gasteiger partial charge in [-0.15, -0.1) is 0 Å². The zero-order valence-corrected chi connectivity index (χ0v) is 14.3. The SMILES string of the molecule is CCCN(C(=O)c1cc(-c2ccnnc2)on1)[C@@H](C)c1ccccc1. The Hall–Kier alpha value is -3.02. The maximum atomic E-state index is 13.0. The van der Waals surface area contributed by atoms with Crippen LogP contribution in [0.3, 0.4) is 0 Å². The average molecular weight is 336 g/mol. The number of rotatable bonds is 6. The fourth-order valence-corrected chi connectivity index (χ4v) is 2.72. The molecule has 6 heteroatoms. The molecule has 0 bridgehead atoms. The number of aromatic nitrogens is 3. The number of benzene rings is 1. The minimum atomic E-state index is -0.143. The van der Waals surface area contributed by atoms with Gasteiger partial charge in [0, 0.05) is 18.2 Å². The number of hydrogen-bond donors (Lipinski definition) is 0. The molecule has 0 spiro atoms. The van der Waals surface area contributed by atoms with Crippen LogP contribution >= 0.6 is 0 Å². The van der Waals surface area contributed by atoms with Gasteiger partial charge >= 0.3 is 0 Å². The van der Waals surface area contributed by atoms with Crippen LogP contribution in [0.4, 0.5) is 0 Å². The molecule has 6 nitrogen and oxygen atoms in total. The van der Waals surface area contributed by atoms with Gasteiger partial charge < -0.3 is 9.42 Å². The highest BCUT2D eigenvalue weighted by Crippen LogP contribution is 2.24. The van der Waals surface area contributed by atoms with E-state index >= 15 is 0 Å². The van der Waals surface area contributed by atoms with E-state index in [2.05, 4.69) is 22.3 Å². The Bertz CT molecular complexity index is 818. The van der Waals surface area contributed by atoms with Crippen LogP contribution in [0.5, 0.6) is 0 Å². The zero-order chi connectivity index (χ0) is 17.6.